The highest BCUT2D eigenvalue weighted by molar-refractivity contribution is 5.92. The van der Waals surface area contributed by atoms with Crippen molar-refractivity contribution >= 4 is 11.8 Å². The van der Waals surface area contributed by atoms with E-state index in [-0.39, 0.29) is 17.3 Å². The molecule has 100 valence electrons. The van der Waals surface area contributed by atoms with Crippen molar-refractivity contribution in [2.45, 2.75) is 13.8 Å². The highest BCUT2D eigenvalue weighted by Crippen LogP contribution is 2.24. The smallest absolute Gasteiger partial charge is 0.360 e. The zero-order chi connectivity index (χ0) is 14.2. The van der Waals surface area contributed by atoms with Gasteiger partial charge in [0.2, 0.25) is 0 Å². The summed E-state index contributed by atoms with van der Waals surface area (Å²) >= 11 is 0. The summed E-state index contributed by atoms with van der Waals surface area (Å²) in [6, 6.07) is 4.65. The van der Waals surface area contributed by atoms with Crippen LogP contribution in [-0.2, 0) is 4.74 Å². The van der Waals surface area contributed by atoms with E-state index >= 15 is 0 Å². The summed E-state index contributed by atoms with van der Waals surface area (Å²) in [5, 5.41) is 0. The van der Waals surface area contributed by atoms with Gasteiger partial charge in [-0.15, -0.1) is 0 Å². The molecule has 0 fully saturated rings. The Morgan fingerprint density at radius 1 is 1.42 bits per heavy atom. The maximum atomic E-state index is 13.6. The Hall–Kier alpha value is -2.37. The summed E-state index contributed by atoms with van der Waals surface area (Å²) in [7, 11) is 1.25. The number of carbonyl (C=O) groups is 1. The maximum absolute atomic E-state index is 13.6. The minimum absolute atomic E-state index is 0.0312. The second kappa shape index (κ2) is 4.72. The molecule has 19 heavy (non-hydrogen) atoms. The summed E-state index contributed by atoms with van der Waals surface area (Å²) in [6.07, 6.45) is 0. The minimum Gasteiger partial charge on any atom is -0.464 e. The first kappa shape index (κ1) is 13.1. The summed E-state index contributed by atoms with van der Waals surface area (Å²) < 4.78 is 19.7. The van der Waals surface area contributed by atoms with Crippen molar-refractivity contribution in [2.75, 3.05) is 12.8 Å². The number of nitrogens with zero attached hydrogens (tertiary/aromatic N) is 2. The van der Waals surface area contributed by atoms with Crippen LogP contribution in [-0.4, -0.2) is 22.6 Å². The second-order valence-electron chi connectivity index (χ2n) is 4.10. The van der Waals surface area contributed by atoms with Gasteiger partial charge in [-0.3, -0.25) is 4.57 Å². The summed E-state index contributed by atoms with van der Waals surface area (Å²) in [5.74, 6) is -0.331. The van der Waals surface area contributed by atoms with E-state index in [1.807, 2.05) is 0 Å². The van der Waals surface area contributed by atoms with Crippen LogP contribution in [0, 0.1) is 19.7 Å². The SMILES string of the molecule is COC(=O)c1nc(C)n(-c2cccc(F)c2C)c1N. The minimum atomic E-state index is -0.617. The van der Waals surface area contributed by atoms with E-state index in [1.165, 1.54) is 17.7 Å². The number of carbonyl (C=O) groups excluding carboxylic acids is 1. The number of nitrogen functional groups attached to an aromatic ring is 1. The van der Waals surface area contributed by atoms with Crippen LogP contribution in [0.5, 0.6) is 0 Å². The first-order valence-electron chi connectivity index (χ1n) is 5.66. The maximum Gasteiger partial charge on any atom is 0.360 e. The molecule has 2 N–H and O–H groups in total. The molecule has 0 aliphatic heterocycles. The molecule has 1 aromatic carbocycles. The number of benzene rings is 1. The molecule has 0 atom stereocenters. The van der Waals surface area contributed by atoms with Crippen molar-refractivity contribution in [2.24, 2.45) is 0 Å². The van der Waals surface area contributed by atoms with Crippen LogP contribution in [0.2, 0.25) is 0 Å². The molecule has 0 bridgehead atoms. The summed E-state index contributed by atoms with van der Waals surface area (Å²) in [5.41, 5.74) is 6.93. The van der Waals surface area contributed by atoms with Crippen LogP contribution in [0.25, 0.3) is 5.69 Å². The Kier molecular flexibility index (Phi) is 3.25. The zero-order valence-electron chi connectivity index (χ0n) is 10.9. The van der Waals surface area contributed by atoms with Gasteiger partial charge in [0.15, 0.2) is 5.69 Å². The molecule has 1 heterocycles. The van der Waals surface area contributed by atoms with Gasteiger partial charge in [0, 0.05) is 5.56 Å². The lowest BCUT2D eigenvalue weighted by atomic mass is 10.2. The van der Waals surface area contributed by atoms with Gasteiger partial charge < -0.3 is 10.5 Å². The molecule has 0 saturated carbocycles. The van der Waals surface area contributed by atoms with Crippen molar-refractivity contribution in [1.82, 2.24) is 9.55 Å². The Morgan fingerprint density at radius 2 is 2.11 bits per heavy atom. The van der Waals surface area contributed by atoms with Gasteiger partial charge >= 0.3 is 5.97 Å². The predicted molar refractivity (Wildman–Crippen MR) is 68.7 cm³/mol. The fraction of sp³-hybridized carbons (Fsp3) is 0.231. The molecule has 2 aromatic rings. The molecule has 0 saturated heterocycles. The lowest BCUT2D eigenvalue weighted by Gasteiger charge is -2.11. The van der Waals surface area contributed by atoms with E-state index in [9.17, 15) is 9.18 Å². The largest absolute Gasteiger partial charge is 0.464 e. The number of ether oxygens (including phenoxy) is 1. The number of aromatic nitrogens is 2. The Balaban J connectivity index is 2.67. The first-order chi connectivity index (χ1) is 8.97. The van der Waals surface area contributed by atoms with E-state index in [0.29, 0.717) is 17.1 Å². The lowest BCUT2D eigenvalue weighted by Crippen LogP contribution is -2.08. The molecular formula is C13H14FN3O2. The van der Waals surface area contributed by atoms with Crippen molar-refractivity contribution in [3.05, 3.63) is 41.1 Å². The number of hydrogen-bond acceptors (Lipinski definition) is 4. The van der Waals surface area contributed by atoms with E-state index in [0.717, 1.165) is 0 Å². The van der Waals surface area contributed by atoms with Crippen LogP contribution in [0.1, 0.15) is 21.9 Å². The Morgan fingerprint density at radius 3 is 2.74 bits per heavy atom. The molecule has 0 spiro atoms. The fourth-order valence-corrected chi connectivity index (χ4v) is 1.94. The standard InChI is InChI=1S/C13H14FN3O2/c1-7-9(14)5-4-6-10(7)17-8(2)16-11(12(17)15)13(18)19-3/h4-6H,15H2,1-3H3. The van der Waals surface area contributed by atoms with Gasteiger partial charge in [0.25, 0.3) is 0 Å². The molecule has 0 aliphatic carbocycles. The van der Waals surface area contributed by atoms with E-state index in [4.69, 9.17) is 5.73 Å². The molecule has 0 aliphatic rings. The Labute approximate surface area is 109 Å². The number of hydrogen-bond donors (Lipinski definition) is 1. The number of nitrogens with two attached hydrogens (primary N) is 1. The lowest BCUT2D eigenvalue weighted by molar-refractivity contribution is 0.0596. The number of anilines is 1. The number of aryl methyl sites for hydroxylation is 1. The highest BCUT2D eigenvalue weighted by Gasteiger charge is 2.21. The number of halogens is 1. The van der Waals surface area contributed by atoms with Crippen molar-refractivity contribution in [3.63, 3.8) is 0 Å². The van der Waals surface area contributed by atoms with Crippen LogP contribution in [0.4, 0.5) is 10.2 Å². The van der Waals surface area contributed by atoms with Crippen LogP contribution in [0.3, 0.4) is 0 Å². The number of esters is 1. The van der Waals surface area contributed by atoms with Gasteiger partial charge in [0.05, 0.1) is 12.8 Å². The third-order valence-electron chi connectivity index (χ3n) is 2.94. The molecular weight excluding hydrogens is 249 g/mol. The van der Waals surface area contributed by atoms with Crippen molar-refractivity contribution in [1.29, 1.82) is 0 Å². The van der Waals surface area contributed by atoms with E-state index in [1.54, 1.807) is 26.0 Å². The molecule has 1 aromatic heterocycles. The summed E-state index contributed by atoms with van der Waals surface area (Å²) in [6.45, 7) is 3.33. The van der Waals surface area contributed by atoms with E-state index in [2.05, 4.69) is 9.72 Å². The number of methoxy groups -OCH3 is 1. The molecule has 6 heteroatoms. The normalized spacial score (nSPS) is 10.5. The zero-order valence-corrected chi connectivity index (χ0v) is 10.9. The number of imidazole rings is 1. The average molecular weight is 263 g/mol. The van der Waals surface area contributed by atoms with Gasteiger partial charge in [-0.05, 0) is 26.0 Å². The topological polar surface area (TPSA) is 70.1 Å². The molecule has 5 nitrogen and oxygen atoms in total. The molecule has 0 unspecified atom stereocenters. The quantitative estimate of drug-likeness (QED) is 0.841. The van der Waals surface area contributed by atoms with Crippen molar-refractivity contribution in [3.8, 4) is 5.69 Å². The fourth-order valence-electron chi connectivity index (χ4n) is 1.94. The molecule has 0 amide bonds. The van der Waals surface area contributed by atoms with Gasteiger partial charge in [-0.1, -0.05) is 6.07 Å². The third-order valence-corrected chi connectivity index (χ3v) is 2.94. The van der Waals surface area contributed by atoms with Gasteiger partial charge in [-0.25, -0.2) is 14.2 Å². The Bertz CT molecular complexity index is 650. The first-order valence-corrected chi connectivity index (χ1v) is 5.66. The van der Waals surface area contributed by atoms with Crippen LogP contribution >= 0.6 is 0 Å². The van der Waals surface area contributed by atoms with Crippen molar-refractivity contribution < 1.29 is 13.9 Å². The second-order valence-corrected chi connectivity index (χ2v) is 4.10. The van der Waals surface area contributed by atoms with Crippen LogP contribution in [0.15, 0.2) is 18.2 Å². The van der Waals surface area contributed by atoms with Gasteiger partial charge in [-0.2, -0.15) is 0 Å². The number of rotatable bonds is 2. The molecule has 2 rings (SSSR count). The van der Waals surface area contributed by atoms with Crippen LogP contribution < -0.4 is 5.73 Å². The predicted octanol–water partition coefficient (Wildman–Crippen LogP) is 2.00. The van der Waals surface area contributed by atoms with E-state index < -0.39 is 5.97 Å². The highest BCUT2D eigenvalue weighted by atomic mass is 19.1. The monoisotopic (exact) mass is 263 g/mol. The molecule has 0 radical (unpaired) electrons. The summed E-state index contributed by atoms with van der Waals surface area (Å²) in [4.78, 5) is 15.6. The average Bonchev–Trinajstić information content (AvgIpc) is 2.68. The third kappa shape index (κ3) is 2.05. The van der Waals surface area contributed by atoms with Gasteiger partial charge in [0.1, 0.15) is 17.5 Å².